The highest BCUT2D eigenvalue weighted by atomic mass is 35.5. The third kappa shape index (κ3) is 7.04. The van der Waals surface area contributed by atoms with Crippen molar-refractivity contribution in [3.63, 3.8) is 0 Å². The van der Waals surface area contributed by atoms with E-state index in [-0.39, 0.29) is 18.2 Å². The van der Waals surface area contributed by atoms with Crippen LogP contribution >= 0.6 is 11.6 Å². The summed E-state index contributed by atoms with van der Waals surface area (Å²) in [5.74, 6) is -0.414. The number of rotatable bonds is 10. The molecule has 1 atom stereocenters. The summed E-state index contributed by atoms with van der Waals surface area (Å²) in [5.41, 5.74) is 1.26. The van der Waals surface area contributed by atoms with Crippen molar-refractivity contribution >= 4 is 23.4 Å². The highest BCUT2D eigenvalue weighted by Gasteiger charge is 2.20. The predicted octanol–water partition coefficient (Wildman–Crippen LogP) is 3.74. The van der Waals surface area contributed by atoms with Crippen molar-refractivity contribution in [2.45, 2.75) is 25.3 Å². The lowest BCUT2D eigenvalue weighted by atomic mass is 10.0. The third-order valence-corrected chi connectivity index (χ3v) is 4.44. The summed E-state index contributed by atoms with van der Waals surface area (Å²) in [4.78, 5) is 24.9. The van der Waals surface area contributed by atoms with Crippen molar-refractivity contribution in [2.75, 3.05) is 20.3 Å². The first-order chi connectivity index (χ1) is 13.1. The van der Waals surface area contributed by atoms with Gasteiger partial charge in [0, 0.05) is 20.3 Å². The van der Waals surface area contributed by atoms with Gasteiger partial charge in [0.25, 0.3) is 5.91 Å². The van der Waals surface area contributed by atoms with Gasteiger partial charge in [-0.3, -0.25) is 9.59 Å². The number of benzene rings is 2. The van der Waals surface area contributed by atoms with E-state index >= 15 is 0 Å². The van der Waals surface area contributed by atoms with Crippen LogP contribution in [0.1, 0.15) is 41.2 Å². The molecule has 0 aliphatic rings. The Hall–Kier alpha value is -2.37. The number of nitrogens with one attached hydrogen (secondary N) is 2. The van der Waals surface area contributed by atoms with E-state index in [1.165, 1.54) is 0 Å². The molecule has 27 heavy (non-hydrogen) atoms. The smallest absolute Gasteiger partial charge is 0.253 e. The van der Waals surface area contributed by atoms with Gasteiger partial charge in [-0.25, -0.2) is 0 Å². The van der Waals surface area contributed by atoms with E-state index in [9.17, 15) is 9.59 Å². The molecule has 0 aliphatic heterocycles. The van der Waals surface area contributed by atoms with E-state index in [0.29, 0.717) is 23.7 Å². The van der Waals surface area contributed by atoms with E-state index in [0.717, 1.165) is 18.4 Å². The van der Waals surface area contributed by atoms with Crippen LogP contribution in [0, 0.1) is 0 Å². The van der Waals surface area contributed by atoms with Gasteiger partial charge in [-0.1, -0.05) is 54.1 Å². The summed E-state index contributed by atoms with van der Waals surface area (Å²) >= 11 is 6.11. The van der Waals surface area contributed by atoms with E-state index < -0.39 is 6.04 Å². The number of methoxy groups -OCH3 is 1. The Morgan fingerprint density at radius 2 is 1.74 bits per heavy atom. The average molecular weight is 389 g/mol. The number of hydrogen-bond donors (Lipinski definition) is 2. The lowest BCUT2D eigenvalue weighted by Crippen LogP contribution is -2.34. The minimum atomic E-state index is -0.436. The summed E-state index contributed by atoms with van der Waals surface area (Å²) in [6.45, 7) is 1.26. The first kappa shape index (κ1) is 20.9. The Morgan fingerprint density at radius 3 is 2.44 bits per heavy atom. The van der Waals surface area contributed by atoms with E-state index in [1.807, 2.05) is 30.3 Å². The van der Waals surface area contributed by atoms with Crippen molar-refractivity contribution < 1.29 is 14.3 Å². The number of halogens is 1. The number of carbonyl (C=O) groups is 2. The Bertz CT molecular complexity index is 737. The number of amides is 2. The molecular formula is C21H25ClN2O3. The molecule has 0 saturated carbocycles. The molecule has 0 saturated heterocycles. The molecule has 2 N–H and O–H groups in total. The summed E-state index contributed by atoms with van der Waals surface area (Å²) in [6, 6.07) is 15.9. The van der Waals surface area contributed by atoms with Crippen LogP contribution in [-0.2, 0) is 9.53 Å². The molecule has 5 nitrogen and oxygen atoms in total. The van der Waals surface area contributed by atoms with Crippen molar-refractivity contribution in [2.24, 2.45) is 0 Å². The zero-order valence-corrected chi connectivity index (χ0v) is 16.2. The van der Waals surface area contributed by atoms with Crippen LogP contribution in [0.5, 0.6) is 0 Å². The lowest BCUT2D eigenvalue weighted by Gasteiger charge is -2.19. The van der Waals surface area contributed by atoms with Crippen LogP contribution in [0.4, 0.5) is 0 Å². The maximum absolute atomic E-state index is 12.6. The molecule has 2 amide bonds. The average Bonchev–Trinajstić information content (AvgIpc) is 2.68. The standard InChI is InChI=1S/C21H25ClN2O3/c1-27-14-8-7-13-23-20(25)15-19(16-9-3-2-4-10-16)24-21(26)17-11-5-6-12-18(17)22/h2-6,9-12,19H,7-8,13-15H2,1H3,(H,23,25)(H,24,26). The van der Waals surface area contributed by atoms with Crippen LogP contribution in [-0.4, -0.2) is 32.1 Å². The Morgan fingerprint density at radius 1 is 1.04 bits per heavy atom. The zero-order chi connectivity index (χ0) is 19.5. The van der Waals surface area contributed by atoms with Gasteiger partial charge in [-0.2, -0.15) is 0 Å². The molecule has 144 valence electrons. The van der Waals surface area contributed by atoms with Gasteiger partial charge in [0.15, 0.2) is 0 Å². The molecule has 0 bridgehead atoms. The molecule has 0 spiro atoms. The van der Waals surface area contributed by atoms with Gasteiger partial charge in [-0.15, -0.1) is 0 Å². The maximum Gasteiger partial charge on any atom is 0.253 e. The minimum absolute atomic E-state index is 0.110. The summed E-state index contributed by atoms with van der Waals surface area (Å²) < 4.78 is 5.00. The normalized spacial score (nSPS) is 11.6. The molecule has 1 unspecified atom stereocenters. The molecule has 0 aliphatic carbocycles. The highest BCUT2D eigenvalue weighted by molar-refractivity contribution is 6.33. The molecule has 6 heteroatoms. The fourth-order valence-electron chi connectivity index (χ4n) is 2.68. The molecular weight excluding hydrogens is 364 g/mol. The Labute approximate surface area is 165 Å². The van der Waals surface area contributed by atoms with E-state index in [4.69, 9.17) is 16.3 Å². The maximum atomic E-state index is 12.6. The van der Waals surface area contributed by atoms with Gasteiger partial charge >= 0.3 is 0 Å². The molecule has 0 radical (unpaired) electrons. The van der Waals surface area contributed by atoms with Crippen LogP contribution in [0.25, 0.3) is 0 Å². The second-order valence-electron chi connectivity index (χ2n) is 6.17. The molecule has 2 rings (SSSR count). The molecule has 0 heterocycles. The predicted molar refractivity (Wildman–Crippen MR) is 107 cm³/mol. The SMILES string of the molecule is COCCCCNC(=O)CC(NC(=O)c1ccccc1Cl)c1ccccc1. The highest BCUT2D eigenvalue weighted by Crippen LogP contribution is 2.20. The third-order valence-electron chi connectivity index (χ3n) is 4.11. The monoisotopic (exact) mass is 388 g/mol. The lowest BCUT2D eigenvalue weighted by molar-refractivity contribution is -0.121. The topological polar surface area (TPSA) is 67.4 Å². The van der Waals surface area contributed by atoms with Gasteiger partial charge in [-0.05, 0) is 30.5 Å². The first-order valence-electron chi connectivity index (χ1n) is 8.97. The summed E-state index contributed by atoms with van der Waals surface area (Å²) in [5, 5.41) is 6.20. The van der Waals surface area contributed by atoms with Crippen LogP contribution in [0.3, 0.4) is 0 Å². The van der Waals surface area contributed by atoms with E-state index in [2.05, 4.69) is 10.6 Å². The van der Waals surface area contributed by atoms with Gasteiger partial charge in [0.2, 0.25) is 5.91 Å². The second kappa shape index (κ2) is 11.4. The van der Waals surface area contributed by atoms with Gasteiger partial charge in [0.05, 0.1) is 23.0 Å². The van der Waals surface area contributed by atoms with Crippen molar-refractivity contribution in [1.29, 1.82) is 0 Å². The fourth-order valence-corrected chi connectivity index (χ4v) is 2.90. The molecule has 2 aromatic rings. The van der Waals surface area contributed by atoms with Crippen LogP contribution in [0.2, 0.25) is 5.02 Å². The number of ether oxygens (including phenoxy) is 1. The molecule has 0 fully saturated rings. The van der Waals surface area contributed by atoms with Crippen molar-refractivity contribution in [1.82, 2.24) is 10.6 Å². The first-order valence-corrected chi connectivity index (χ1v) is 9.35. The van der Waals surface area contributed by atoms with E-state index in [1.54, 1.807) is 31.4 Å². The number of carbonyl (C=O) groups excluding carboxylic acids is 2. The Balaban J connectivity index is 2.01. The van der Waals surface area contributed by atoms with Crippen molar-refractivity contribution in [3.05, 3.63) is 70.7 Å². The van der Waals surface area contributed by atoms with Crippen molar-refractivity contribution in [3.8, 4) is 0 Å². The fraction of sp³-hybridized carbons (Fsp3) is 0.333. The zero-order valence-electron chi connectivity index (χ0n) is 15.4. The summed E-state index contributed by atoms with van der Waals surface area (Å²) in [6.07, 6.45) is 1.90. The molecule has 0 aromatic heterocycles. The minimum Gasteiger partial charge on any atom is -0.385 e. The van der Waals surface area contributed by atoms with Crippen LogP contribution in [0.15, 0.2) is 54.6 Å². The number of hydrogen-bond acceptors (Lipinski definition) is 3. The number of unbranched alkanes of at least 4 members (excludes halogenated alkanes) is 1. The Kier molecular flexibility index (Phi) is 8.81. The largest absolute Gasteiger partial charge is 0.385 e. The van der Waals surface area contributed by atoms with Crippen LogP contribution < -0.4 is 10.6 Å². The van der Waals surface area contributed by atoms with Gasteiger partial charge < -0.3 is 15.4 Å². The second-order valence-corrected chi connectivity index (χ2v) is 6.58. The van der Waals surface area contributed by atoms with Gasteiger partial charge in [0.1, 0.15) is 0 Å². The molecule has 2 aromatic carbocycles. The summed E-state index contributed by atoms with van der Waals surface area (Å²) in [7, 11) is 1.66. The quantitative estimate of drug-likeness (QED) is 0.609.